The molecule has 0 saturated carbocycles. The van der Waals surface area contributed by atoms with E-state index < -0.39 is 5.41 Å². The normalized spacial score (nSPS) is 12.7. The molecule has 2 nitrogen and oxygen atoms in total. The molecule has 0 unspecified atom stereocenters. The molecule has 0 bridgehead atoms. The van der Waals surface area contributed by atoms with Crippen molar-refractivity contribution in [3.05, 3.63) is 253 Å². The van der Waals surface area contributed by atoms with Crippen molar-refractivity contribution in [2.75, 3.05) is 4.90 Å². The molecule has 0 atom stereocenters. The van der Waals surface area contributed by atoms with Crippen molar-refractivity contribution in [1.82, 2.24) is 4.57 Å². The number of anilines is 3. The first kappa shape index (κ1) is 33.0. The molecular formula is C55H38N2. The molecule has 9 aromatic carbocycles. The fourth-order valence-electron chi connectivity index (χ4n) is 9.27. The van der Waals surface area contributed by atoms with Gasteiger partial charge in [-0.3, -0.25) is 0 Å². The summed E-state index contributed by atoms with van der Waals surface area (Å²) in [7, 11) is 0. The van der Waals surface area contributed by atoms with Crippen LogP contribution in [0, 0.1) is 0 Å². The summed E-state index contributed by atoms with van der Waals surface area (Å²) >= 11 is 0. The highest BCUT2D eigenvalue weighted by Gasteiger charge is 2.46. The molecule has 0 fully saturated rings. The van der Waals surface area contributed by atoms with E-state index in [1.165, 1.54) is 66.2 Å². The van der Waals surface area contributed by atoms with E-state index >= 15 is 0 Å². The Kier molecular flexibility index (Phi) is 7.75. The molecule has 57 heavy (non-hydrogen) atoms. The molecule has 1 heterocycles. The van der Waals surface area contributed by atoms with Crippen LogP contribution in [-0.4, -0.2) is 4.57 Å². The third-order valence-corrected chi connectivity index (χ3v) is 11.9. The molecular weight excluding hydrogens is 689 g/mol. The average Bonchev–Trinajstić information content (AvgIpc) is 3.84. The fraction of sp³-hybridized carbons (Fsp3) is 0.0182. The molecule has 1 aliphatic carbocycles. The molecule has 1 aliphatic rings. The highest BCUT2D eigenvalue weighted by molar-refractivity contribution is 5.93. The van der Waals surface area contributed by atoms with E-state index in [0.29, 0.717) is 0 Å². The molecule has 0 saturated heterocycles. The minimum atomic E-state index is -0.575. The van der Waals surface area contributed by atoms with Crippen LogP contribution < -0.4 is 4.90 Å². The van der Waals surface area contributed by atoms with Gasteiger partial charge in [-0.1, -0.05) is 158 Å². The van der Waals surface area contributed by atoms with Gasteiger partial charge < -0.3 is 9.47 Å². The van der Waals surface area contributed by atoms with Crippen LogP contribution in [-0.2, 0) is 5.41 Å². The number of aromatic nitrogens is 1. The molecule has 0 radical (unpaired) electrons. The summed E-state index contributed by atoms with van der Waals surface area (Å²) < 4.78 is 2.34. The van der Waals surface area contributed by atoms with E-state index in [1.54, 1.807) is 0 Å². The minimum absolute atomic E-state index is 0.575. The maximum absolute atomic E-state index is 2.45. The lowest BCUT2D eigenvalue weighted by atomic mass is 9.67. The predicted molar refractivity (Wildman–Crippen MR) is 238 cm³/mol. The smallest absolute Gasteiger partial charge is 0.0715 e. The standard InChI is InChI=1S/C55H38N2/c1-5-15-39(16-6-1)42-26-32-54-43(35-42)33-34-56(54)47-28-30-50-51-31-29-49(57(46-23-11-4-12-24-46)48-27-25-40-17-13-14-18-41(40)36-48)38-53(51)55(52(50)37-47,44-19-7-2-8-20-44)45-21-9-3-10-22-45/h1-38H. The minimum Gasteiger partial charge on any atom is -0.317 e. The zero-order valence-corrected chi connectivity index (χ0v) is 31.3. The Morgan fingerprint density at radius 2 is 0.930 bits per heavy atom. The van der Waals surface area contributed by atoms with Crippen molar-refractivity contribution in [3.63, 3.8) is 0 Å². The number of benzene rings is 9. The Morgan fingerprint density at radius 3 is 1.65 bits per heavy atom. The van der Waals surface area contributed by atoms with E-state index in [1.807, 2.05) is 0 Å². The van der Waals surface area contributed by atoms with Crippen LogP contribution in [0.15, 0.2) is 231 Å². The first-order valence-corrected chi connectivity index (χ1v) is 19.7. The van der Waals surface area contributed by atoms with Crippen LogP contribution in [0.4, 0.5) is 17.1 Å². The van der Waals surface area contributed by atoms with Gasteiger partial charge in [0, 0.05) is 34.3 Å². The summed E-state index contributed by atoms with van der Waals surface area (Å²) in [5.41, 5.74) is 15.1. The van der Waals surface area contributed by atoms with Crippen molar-refractivity contribution in [1.29, 1.82) is 0 Å². The van der Waals surface area contributed by atoms with Crippen LogP contribution in [0.2, 0.25) is 0 Å². The highest BCUT2D eigenvalue weighted by Crippen LogP contribution is 2.57. The lowest BCUT2D eigenvalue weighted by molar-refractivity contribution is 0.767. The van der Waals surface area contributed by atoms with Crippen LogP contribution in [0.3, 0.4) is 0 Å². The molecule has 11 rings (SSSR count). The molecule has 10 aromatic rings. The van der Waals surface area contributed by atoms with Crippen LogP contribution in [0.5, 0.6) is 0 Å². The highest BCUT2D eigenvalue weighted by atomic mass is 15.1. The number of para-hydroxylation sites is 1. The summed E-state index contributed by atoms with van der Waals surface area (Å²) in [5.74, 6) is 0. The number of fused-ring (bicyclic) bond motifs is 5. The first-order chi connectivity index (χ1) is 28.3. The average molecular weight is 727 g/mol. The fourth-order valence-corrected chi connectivity index (χ4v) is 9.27. The Hall–Kier alpha value is -7.42. The summed E-state index contributed by atoms with van der Waals surface area (Å²) in [6.45, 7) is 0. The molecule has 1 aromatic heterocycles. The third-order valence-electron chi connectivity index (χ3n) is 11.9. The van der Waals surface area contributed by atoms with Crippen molar-refractivity contribution in [2.45, 2.75) is 5.41 Å². The molecule has 2 heteroatoms. The number of nitrogens with zero attached hydrogens (tertiary/aromatic N) is 2. The lowest BCUT2D eigenvalue weighted by Crippen LogP contribution is -2.29. The van der Waals surface area contributed by atoms with Crippen molar-refractivity contribution in [2.24, 2.45) is 0 Å². The number of hydrogen-bond acceptors (Lipinski definition) is 1. The van der Waals surface area contributed by atoms with E-state index in [-0.39, 0.29) is 0 Å². The Labute approximate surface area is 333 Å². The zero-order valence-electron chi connectivity index (χ0n) is 31.3. The number of rotatable bonds is 7. The van der Waals surface area contributed by atoms with Gasteiger partial charge >= 0.3 is 0 Å². The van der Waals surface area contributed by atoms with Gasteiger partial charge in [-0.2, -0.15) is 0 Å². The maximum Gasteiger partial charge on any atom is 0.0715 e. The van der Waals surface area contributed by atoms with Crippen molar-refractivity contribution < 1.29 is 0 Å². The topological polar surface area (TPSA) is 8.17 Å². The lowest BCUT2D eigenvalue weighted by Gasteiger charge is -2.35. The van der Waals surface area contributed by atoms with Crippen molar-refractivity contribution >= 4 is 38.7 Å². The van der Waals surface area contributed by atoms with Gasteiger partial charge in [0.25, 0.3) is 0 Å². The molecule has 0 aliphatic heterocycles. The van der Waals surface area contributed by atoms with Gasteiger partial charge in [-0.25, -0.2) is 0 Å². The van der Waals surface area contributed by atoms with Crippen LogP contribution in [0.25, 0.3) is 49.6 Å². The van der Waals surface area contributed by atoms with Crippen molar-refractivity contribution in [3.8, 4) is 27.9 Å². The Balaban J connectivity index is 1.14. The second-order valence-electron chi connectivity index (χ2n) is 15.0. The molecule has 0 spiro atoms. The monoisotopic (exact) mass is 726 g/mol. The van der Waals surface area contributed by atoms with Gasteiger partial charge in [-0.05, 0) is 122 Å². The quantitative estimate of drug-likeness (QED) is 0.159. The largest absolute Gasteiger partial charge is 0.317 e. The van der Waals surface area contributed by atoms with Gasteiger partial charge in [0.15, 0.2) is 0 Å². The number of hydrogen-bond donors (Lipinski definition) is 0. The van der Waals surface area contributed by atoms with E-state index in [2.05, 4.69) is 240 Å². The van der Waals surface area contributed by atoms with E-state index in [4.69, 9.17) is 0 Å². The second kappa shape index (κ2) is 13.4. The Morgan fingerprint density at radius 1 is 0.351 bits per heavy atom. The molecule has 268 valence electrons. The van der Waals surface area contributed by atoms with Gasteiger partial charge in [0.2, 0.25) is 0 Å². The summed E-state index contributed by atoms with van der Waals surface area (Å²) in [4.78, 5) is 2.40. The third kappa shape index (κ3) is 5.33. The van der Waals surface area contributed by atoms with Gasteiger partial charge in [-0.15, -0.1) is 0 Å². The Bertz CT molecular complexity index is 3020. The maximum atomic E-state index is 2.45. The van der Waals surface area contributed by atoms with Crippen LogP contribution in [0.1, 0.15) is 22.3 Å². The van der Waals surface area contributed by atoms with E-state index in [0.717, 1.165) is 22.7 Å². The van der Waals surface area contributed by atoms with Crippen LogP contribution >= 0.6 is 0 Å². The summed E-state index contributed by atoms with van der Waals surface area (Å²) in [6.07, 6.45) is 2.22. The van der Waals surface area contributed by atoms with E-state index in [9.17, 15) is 0 Å². The zero-order chi connectivity index (χ0) is 37.8. The first-order valence-electron chi connectivity index (χ1n) is 19.7. The van der Waals surface area contributed by atoms with Gasteiger partial charge in [0.1, 0.15) is 0 Å². The molecule has 0 amide bonds. The SMILES string of the molecule is c1ccc(-c2ccc3c(ccn3-c3ccc4c(c3)C(c3ccccc3)(c3ccccc3)c3cc(N(c5ccccc5)c5ccc6ccccc6c5)ccc3-4)c2)cc1. The predicted octanol–water partition coefficient (Wildman–Crippen LogP) is 14.3. The summed E-state index contributed by atoms with van der Waals surface area (Å²) in [5, 5.41) is 3.67. The molecule has 0 N–H and O–H groups in total. The second-order valence-corrected chi connectivity index (χ2v) is 15.0. The van der Waals surface area contributed by atoms with Gasteiger partial charge in [0.05, 0.1) is 10.9 Å². The summed E-state index contributed by atoms with van der Waals surface area (Å²) in [6, 6.07) is 82.2.